The average Bonchev–Trinajstić information content (AvgIpc) is 0.878. The van der Waals surface area contributed by atoms with Gasteiger partial charge in [0.1, 0.15) is 17.5 Å². The predicted molar refractivity (Wildman–Crippen MR) is 373 cm³/mol. The first-order valence-corrected chi connectivity index (χ1v) is 32.1. The second-order valence-electron chi connectivity index (χ2n) is 26.7. The number of carbonyl (C=O) groups is 7. The van der Waals surface area contributed by atoms with Crippen molar-refractivity contribution in [2.24, 2.45) is 11.8 Å². The quantitative estimate of drug-likeness (QED) is 0.0960. The zero-order valence-electron chi connectivity index (χ0n) is 55.3. The molecule has 0 aromatic heterocycles. The average molecular weight is 1380 g/mol. The topological polar surface area (TPSA) is 190 Å². The highest BCUT2D eigenvalue weighted by molar-refractivity contribution is 7.59. The maximum atomic E-state index is 13.7. The van der Waals surface area contributed by atoms with Crippen molar-refractivity contribution in [2.45, 2.75) is 154 Å². The number of hydrogen-bond acceptors (Lipinski definition) is 11. The summed E-state index contributed by atoms with van der Waals surface area (Å²) in [5.41, 5.74) is 2.12. The molecule has 4 aliphatic heterocycles. The van der Waals surface area contributed by atoms with Crippen LogP contribution in [0.1, 0.15) is 141 Å². The highest BCUT2D eigenvalue weighted by Gasteiger charge is 2.47. The monoisotopic (exact) mass is 1370 g/mol. The van der Waals surface area contributed by atoms with E-state index in [1.54, 1.807) is 103 Å². The molecule has 4 aromatic carbocycles. The molecule has 4 heterocycles. The zero-order chi connectivity index (χ0) is 66.0. The fourth-order valence-corrected chi connectivity index (χ4v) is 13.2. The number of benzene rings is 4. The molecule has 3 N–H and O–H groups in total. The molecule has 0 bridgehead atoms. The summed E-state index contributed by atoms with van der Waals surface area (Å²) < 4.78 is 11.4. The first-order chi connectivity index (χ1) is 41.6. The number of amides is 6. The van der Waals surface area contributed by atoms with Gasteiger partial charge in [-0.2, -0.15) is 27.0 Å². The molecule has 17 nitrogen and oxygen atoms in total. The van der Waals surface area contributed by atoms with Gasteiger partial charge in [0.2, 0.25) is 23.6 Å². The summed E-state index contributed by atoms with van der Waals surface area (Å²) in [6, 6.07) is 26.9. The van der Waals surface area contributed by atoms with Gasteiger partial charge in [-0.1, -0.05) is 135 Å². The van der Waals surface area contributed by atoms with Crippen LogP contribution in [0.2, 0.25) is 20.1 Å². The molecule has 2 atom stereocenters. The number of nitrogens with one attached hydrogen (secondary N) is 3. The number of carbonyl (C=O) groups excluding carboxylic acids is 7. The summed E-state index contributed by atoms with van der Waals surface area (Å²) in [7, 11) is 6.69. The van der Waals surface area contributed by atoms with E-state index in [1.807, 2.05) is 58.9 Å². The Balaban J connectivity index is 0.000000321. The Morgan fingerprint density at radius 3 is 1.36 bits per heavy atom. The van der Waals surface area contributed by atoms with E-state index in [2.05, 4.69) is 51.2 Å². The Morgan fingerprint density at radius 1 is 0.582 bits per heavy atom. The van der Waals surface area contributed by atoms with Crippen molar-refractivity contribution >= 4 is 115 Å². The zero-order valence-corrected chi connectivity index (χ0v) is 60.4. The number of aldehydes is 1. The minimum Gasteiger partial charge on any atom is -0.444 e. The molecule has 6 amide bonds. The third-order valence-electron chi connectivity index (χ3n) is 17.2. The Labute approximate surface area is 573 Å². The summed E-state index contributed by atoms with van der Waals surface area (Å²) in [5.74, 6) is -0.371. The minimum absolute atomic E-state index is 0. The Bertz CT molecular complexity index is 3200. The van der Waals surface area contributed by atoms with Crippen LogP contribution in [0.4, 0.5) is 9.59 Å². The van der Waals surface area contributed by atoms with Crippen LogP contribution in [0, 0.1) is 11.8 Å². The summed E-state index contributed by atoms with van der Waals surface area (Å²) >= 11 is 25.2. The van der Waals surface area contributed by atoms with Crippen LogP contribution in [-0.4, -0.2) is 152 Å². The van der Waals surface area contributed by atoms with Gasteiger partial charge in [0, 0.05) is 79.2 Å². The van der Waals surface area contributed by atoms with Crippen molar-refractivity contribution in [2.75, 3.05) is 74.0 Å². The van der Waals surface area contributed by atoms with Crippen LogP contribution >= 0.6 is 73.4 Å². The number of piperidine rings is 2. The van der Waals surface area contributed by atoms with Crippen LogP contribution in [-0.2, 0) is 68.4 Å². The number of hydrogen-bond donors (Lipinski definition) is 3. The van der Waals surface area contributed by atoms with Gasteiger partial charge in [-0.3, -0.25) is 29.0 Å². The number of halogens is 4. The molecule has 91 heavy (non-hydrogen) atoms. The number of nitrogens with zero attached hydrogens (tertiary/aromatic N) is 5. The second kappa shape index (κ2) is 32.7. The molecule has 0 radical (unpaired) electrons. The molecule has 2 saturated heterocycles. The molecule has 2 fully saturated rings. The van der Waals surface area contributed by atoms with E-state index in [4.69, 9.17) is 55.9 Å². The maximum Gasteiger partial charge on any atom is 0.410 e. The van der Waals surface area contributed by atoms with Gasteiger partial charge in [0.05, 0.1) is 55.1 Å². The van der Waals surface area contributed by atoms with E-state index >= 15 is 0 Å². The lowest BCUT2D eigenvalue weighted by Crippen LogP contribution is -2.58. The van der Waals surface area contributed by atoms with Crippen molar-refractivity contribution in [3.05, 3.63) is 138 Å². The van der Waals surface area contributed by atoms with Crippen LogP contribution in [0.3, 0.4) is 0 Å². The third-order valence-corrected chi connectivity index (χ3v) is 18.7. The standard InChI is InChI=1S/C34H46Cl2N4O4.C21H30Cl2N2O4.C13H16N2O.2H2S/c1-23(2)30(42)38(6)22-34(25-12-13-27(35)28(36)21-25,39(7)31(43)44-32(3,4)5)16-19-40-17-14-33(15-18-40)26-11-9-8-10-24(26)20-29(41)37-33;1-14(2)18(27)24(6)13-21(10-11-26,15-8-9-16(22)17(23)12-15)25(7)19(28)29-20(3,4)5;16-12-9-10-3-1-2-4-11(10)13(15-12)5-7-14-8-6-13;;/h8-13,21,23H,14-20,22H2,1-7H3,(H,37,41);8-9,11-12,14H,10,13H2,1-7H3;1-4,14H,5-9H2,(H,15,16);2*1H2/t34-;21-;;;/m11.../s1. The van der Waals surface area contributed by atoms with Crippen molar-refractivity contribution in [1.82, 2.24) is 40.4 Å². The van der Waals surface area contributed by atoms with Crippen molar-refractivity contribution in [1.29, 1.82) is 0 Å². The van der Waals surface area contributed by atoms with E-state index < -0.39 is 34.5 Å². The molecule has 23 heteroatoms. The van der Waals surface area contributed by atoms with Crippen molar-refractivity contribution in [3.63, 3.8) is 0 Å². The van der Waals surface area contributed by atoms with Crippen LogP contribution < -0.4 is 16.0 Å². The van der Waals surface area contributed by atoms with Gasteiger partial charge in [-0.25, -0.2) is 9.59 Å². The van der Waals surface area contributed by atoms with Crippen molar-refractivity contribution in [3.8, 4) is 0 Å². The first-order valence-electron chi connectivity index (χ1n) is 30.6. The first kappa shape index (κ1) is 78.2. The molecule has 4 aliphatic rings. The van der Waals surface area contributed by atoms with E-state index in [-0.39, 0.29) is 98.1 Å². The largest absolute Gasteiger partial charge is 0.444 e. The minimum atomic E-state index is -1.18. The Hall–Kier alpha value is -5.25. The van der Waals surface area contributed by atoms with Crippen LogP contribution in [0.15, 0.2) is 84.9 Å². The van der Waals surface area contributed by atoms with E-state index in [0.29, 0.717) is 46.4 Å². The number of rotatable bonds is 15. The maximum absolute atomic E-state index is 13.7. The van der Waals surface area contributed by atoms with Gasteiger partial charge in [-0.15, -0.1) is 0 Å². The number of ether oxygens (including phenoxy) is 2. The normalized spacial score (nSPS) is 17.0. The SMILES string of the molecule is CC(C)C(=O)N(C)C[C@](CC=O)(c1ccc(Cl)c(Cl)c1)N(C)C(=O)OC(C)(C)C.CC(C)C(=O)N(C)C[C@](CCN1CCC2(CC1)NC(=O)Cc1ccccc12)(c1ccc(Cl)c(Cl)c1)N(C)C(=O)OC(C)(C)C.O=C1Cc2ccccc2C2(CCNCC2)N1.S.S. The Morgan fingerprint density at radius 2 is 0.967 bits per heavy atom. The smallest absolute Gasteiger partial charge is 0.410 e. The lowest BCUT2D eigenvalue weighted by molar-refractivity contribution is -0.136. The number of fused-ring (bicyclic) bond motifs is 4. The summed E-state index contributed by atoms with van der Waals surface area (Å²) in [6.07, 6.45) is 4.56. The molecule has 4 aromatic rings. The van der Waals surface area contributed by atoms with Gasteiger partial charge in [-0.05, 0) is 144 Å². The molecular weight excluding hydrogens is 1280 g/mol. The van der Waals surface area contributed by atoms with E-state index in [1.165, 1.54) is 26.5 Å². The van der Waals surface area contributed by atoms with Crippen LogP contribution in [0.25, 0.3) is 0 Å². The van der Waals surface area contributed by atoms with E-state index in [0.717, 1.165) is 69.3 Å². The third kappa shape index (κ3) is 19.4. The fourth-order valence-electron chi connectivity index (χ4n) is 12.6. The molecule has 8 rings (SSSR count). The predicted octanol–water partition coefficient (Wildman–Crippen LogP) is 12.1. The highest BCUT2D eigenvalue weighted by atomic mass is 35.5. The number of likely N-dealkylation sites (tertiary alicyclic amines) is 1. The van der Waals surface area contributed by atoms with E-state index in [9.17, 15) is 33.6 Å². The van der Waals surface area contributed by atoms with Crippen molar-refractivity contribution < 1.29 is 43.0 Å². The molecule has 502 valence electrons. The highest BCUT2D eigenvalue weighted by Crippen LogP contribution is 2.42. The molecular formula is C68H96Cl4N8O9S2. The Kier molecular flexibility index (Phi) is 28.1. The summed E-state index contributed by atoms with van der Waals surface area (Å²) in [6.45, 7) is 22.5. The summed E-state index contributed by atoms with van der Waals surface area (Å²) in [4.78, 5) is 97.0. The second-order valence-corrected chi connectivity index (χ2v) is 28.4. The molecule has 0 unspecified atom stereocenters. The van der Waals surface area contributed by atoms with Gasteiger partial charge in [0.15, 0.2) is 0 Å². The molecule has 0 aliphatic carbocycles. The van der Waals surface area contributed by atoms with Crippen LogP contribution in [0.5, 0.6) is 0 Å². The molecule has 0 saturated carbocycles. The van der Waals surface area contributed by atoms with Gasteiger partial charge < -0.3 is 44.9 Å². The lowest BCUT2D eigenvalue weighted by atomic mass is 9.75. The summed E-state index contributed by atoms with van der Waals surface area (Å²) in [5, 5.41) is 11.3. The lowest BCUT2D eigenvalue weighted by Gasteiger charge is -2.48. The van der Waals surface area contributed by atoms with Gasteiger partial charge in [0.25, 0.3) is 0 Å². The fraction of sp³-hybridized carbons (Fsp3) is 0.544. The molecule has 2 spiro atoms. The number of likely N-dealkylation sites (N-methyl/N-ethyl adjacent to an activating group) is 4. The van der Waals surface area contributed by atoms with Gasteiger partial charge >= 0.3 is 12.2 Å².